The number of ether oxygens (including phenoxy) is 1. The van der Waals surface area contributed by atoms with Crippen molar-refractivity contribution in [2.45, 2.75) is 18.4 Å². The van der Waals surface area contributed by atoms with E-state index in [1.165, 1.54) is 19.1 Å². The number of carbonyl (C=O) groups is 2. The maximum absolute atomic E-state index is 12.6. The van der Waals surface area contributed by atoms with Crippen LogP contribution in [0.5, 0.6) is 0 Å². The van der Waals surface area contributed by atoms with Crippen LogP contribution < -0.4 is 10.5 Å². The Morgan fingerprint density at radius 3 is 2.47 bits per heavy atom. The van der Waals surface area contributed by atoms with Gasteiger partial charge in [-0.1, -0.05) is 41.9 Å². The van der Waals surface area contributed by atoms with Gasteiger partial charge in [0.2, 0.25) is 15.8 Å². The van der Waals surface area contributed by atoms with Gasteiger partial charge in [-0.3, -0.25) is 4.79 Å². The number of nitrogens with two attached hydrogens (primary N) is 1. The minimum absolute atomic E-state index is 0.00270. The van der Waals surface area contributed by atoms with Crippen molar-refractivity contribution in [3.05, 3.63) is 76.0 Å². The van der Waals surface area contributed by atoms with Crippen molar-refractivity contribution < 1.29 is 22.7 Å². The fourth-order valence-corrected chi connectivity index (χ4v) is 3.89. The van der Waals surface area contributed by atoms with E-state index in [-0.39, 0.29) is 33.3 Å². The van der Waals surface area contributed by atoms with E-state index < -0.39 is 28.4 Å². The second-order valence-electron chi connectivity index (χ2n) is 6.12. The molecule has 10 heteroatoms. The zero-order chi connectivity index (χ0) is 22.3. The van der Waals surface area contributed by atoms with Gasteiger partial charge in [0.1, 0.15) is 16.5 Å². The van der Waals surface area contributed by atoms with Crippen molar-refractivity contribution in [1.82, 2.24) is 4.72 Å². The largest absolute Gasteiger partial charge is 0.454 e. The maximum Gasteiger partial charge on any atom is 0.338 e. The molecule has 0 radical (unpaired) electrons. The van der Waals surface area contributed by atoms with Gasteiger partial charge in [-0.05, 0) is 30.7 Å². The molecular formula is C20H18ClN3O5S. The van der Waals surface area contributed by atoms with Crippen LogP contribution >= 0.6 is 11.6 Å². The van der Waals surface area contributed by atoms with Crippen LogP contribution in [0, 0.1) is 11.3 Å². The van der Waals surface area contributed by atoms with Crippen LogP contribution in [-0.2, 0) is 26.1 Å². The van der Waals surface area contributed by atoms with Crippen LogP contribution in [0.15, 0.2) is 64.7 Å². The Labute approximate surface area is 179 Å². The minimum Gasteiger partial charge on any atom is -0.454 e. The first-order valence-corrected chi connectivity index (χ1v) is 10.4. The van der Waals surface area contributed by atoms with Crippen molar-refractivity contribution in [2.24, 2.45) is 5.73 Å². The second kappa shape index (κ2) is 10.0. The SMILES string of the molecule is C/C(N)=C(\C#N)C(=O)COC(=O)c1ccc(Cl)c(S(=O)(=O)NCc2ccccc2)c1. The van der Waals surface area contributed by atoms with E-state index in [0.29, 0.717) is 0 Å². The molecule has 0 saturated heterocycles. The summed E-state index contributed by atoms with van der Waals surface area (Å²) in [7, 11) is -4.03. The maximum atomic E-state index is 12.6. The van der Waals surface area contributed by atoms with Gasteiger partial charge in [-0.15, -0.1) is 0 Å². The number of nitriles is 1. The smallest absolute Gasteiger partial charge is 0.338 e. The Balaban J connectivity index is 2.15. The van der Waals surface area contributed by atoms with E-state index in [9.17, 15) is 18.0 Å². The fraction of sp³-hybridized carbons (Fsp3) is 0.150. The Hall–Kier alpha value is -3.19. The van der Waals surface area contributed by atoms with Crippen molar-refractivity contribution >= 4 is 33.4 Å². The normalized spacial score (nSPS) is 11.9. The molecule has 0 unspecified atom stereocenters. The van der Waals surface area contributed by atoms with Gasteiger partial charge >= 0.3 is 5.97 Å². The van der Waals surface area contributed by atoms with E-state index in [4.69, 9.17) is 27.3 Å². The molecule has 156 valence electrons. The molecule has 0 aromatic heterocycles. The lowest BCUT2D eigenvalue weighted by Gasteiger charge is -2.10. The highest BCUT2D eigenvalue weighted by Gasteiger charge is 2.21. The van der Waals surface area contributed by atoms with Crippen LogP contribution in [-0.4, -0.2) is 26.8 Å². The summed E-state index contributed by atoms with van der Waals surface area (Å²) >= 11 is 6.01. The lowest BCUT2D eigenvalue weighted by molar-refractivity contribution is -0.118. The molecule has 0 spiro atoms. The number of nitrogens with zero attached hydrogens (tertiary/aromatic N) is 1. The summed E-state index contributed by atoms with van der Waals surface area (Å²) in [6.45, 7) is 0.689. The number of esters is 1. The van der Waals surface area contributed by atoms with Gasteiger partial charge < -0.3 is 10.5 Å². The number of Topliss-reactive ketones (excluding diaryl/α,β-unsaturated/α-hetero) is 1. The molecule has 8 nitrogen and oxygen atoms in total. The van der Waals surface area contributed by atoms with Crippen LogP contribution in [0.4, 0.5) is 0 Å². The van der Waals surface area contributed by atoms with Crippen LogP contribution in [0.1, 0.15) is 22.8 Å². The van der Waals surface area contributed by atoms with Crippen molar-refractivity contribution in [3.8, 4) is 6.07 Å². The molecule has 0 fully saturated rings. The molecule has 0 saturated carbocycles. The summed E-state index contributed by atoms with van der Waals surface area (Å²) < 4.78 is 32.5. The molecule has 0 heterocycles. The third kappa shape index (κ3) is 5.90. The molecular weight excluding hydrogens is 430 g/mol. The number of allylic oxidation sites excluding steroid dienone is 1. The van der Waals surface area contributed by atoms with Gasteiger partial charge in [0.05, 0.1) is 10.6 Å². The quantitative estimate of drug-likeness (QED) is 0.359. The molecule has 2 aromatic rings. The Morgan fingerprint density at radius 2 is 1.87 bits per heavy atom. The third-order valence-corrected chi connectivity index (χ3v) is 5.77. The monoisotopic (exact) mass is 447 g/mol. The van der Waals surface area contributed by atoms with Gasteiger partial charge in [0, 0.05) is 12.2 Å². The predicted molar refractivity (Wildman–Crippen MR) is 110 cm³/mol. The first-order chi connectivity index (χ1) is 14.2. The first-order valence-electron chi connectivity index (χ1n) is 8.55. The first kappa shape index (κ1) is 23.1. The number of sulfonamides is 1. The number of hydrogen-bond acceptors (Lipinski definition) is 7. The molecule has 0 amide bonds. The minimum atomic E-state index is -4.03. The zero-order valence-corrected chi connectivity index (χ0v) is 17.5. The number of ketones is 1. The average Bonchev–Trinajstić information content (AvgIpc) is 2.71. The summed E-state index contributed by atoms with van der Waals surface area (Å²) in [5.74, 6) is -1.72. The van der Waals surface area contributed by atoms with Gasteiger partial charge in [-0.25, -0.2) is 17.9 Å². The summed E-state index contributed by atoms with van der Waals surface area (Å²) in [5.41, 5.74) is 5.73. The number of halogens is 1. The topological polar surface area (TPSA) is 139 Å². The predicted octanol–water partition coefficient (Wildman–Crippen LogP) is 2.30. The lowest BCUT2D eigenvalue weighted by Crippen LogP contribution is -2.24. The Kier molecular flexibility index (Phi) is 7.72. The van der Waals surface area contributed by atoms with Gasteiger partial charge in [0.15, 0.2) is 6.61 Å². The number of hydrogen-bond donors (Lipinski definition) is 2. The fourth-order valence-electron chi connectivity index (χ4n) is 2.35. The van der Waals surface area contributed by atoms with E-state index in [0.717, 1.165) is 11.6 Å². The molecule has 3 N–H and O–H groups in total. The molecule has 0 atom stereocenters. The van der Waals surface area contributed by atoms with Crippen LogP contribution in [0.2, 0.25) is 5.02 Å². The van der Waals surface area contributed by atoms with Crippen LogP contribution in [0.3, 0.4) is 0 Å². The summed E-state index contributed by atoms with van der Waals surface area (Å²) in [5, 5.41) is 8.81. The molecule has 0 aliphatic heterocycles. The number of benzene rings is 2. The zero-order valence-electron chi connectivity index (χ0n) is 15.9. The standard InChI is InChI=1S/C20H18ClN3O5S/c1-13(23)16(10-22)18(25)12-29-20(26)15-7-8-17(21)19(9-15)30(27,28)24-11-14-5-3-2-4-6-14/h2-9,24H,11-12,23H2,1H3/b16-13-. The van der Waals surface area contributed by atoms with E-state index in [2.05, 4.69) is 4.72 Å². The number of carbonyl (C=O) groups excluding carboxylic acids is 2. The highest BCUT2D eigenvalue weighted by Crippen LogP contribution is 2.23. The number of nitrogens with one attached hydrogen (secondary N) is 1. The highest BCUT2D eigenvalue weighted by atomic mass is 35.5. The summed E-state index contributed by atoms with van der Waals surface area (Å²) in [6.07, 6.45) is 0. The molecule has 30 heavy (non-hydrogen) atoms. The molecule has 0 aliphatic carbocycles. The Bertz CT molecular complexity index is 1130. The van der Waals surface area contributed by atoms with Crippen molar-refractivity contribution in [2.75, 3.05) is 6.61 Å². The van der Waals surface area contributed by atoms with Crippen molar-refractivity contribution in [1.29, 1.82) is 5.26 Å². The summed E-state index contributed by atoms with van der Waals surface area (Å²) in [4.78, 5) is 23.8. The second-order valence-corrected chi connectivity index (χ2v) is 8.27. The highest BCUT2D eigenvalue weighted by molar-refractivity contribution is 7.89. The number of rotatable bonds is 8. The van der Waals surface area contributed by atoms with Crippen LogP contribution in [0.25, 0.3) is 0 Å². The van der Waals surface area contributed by atoms with E-state index in [1.54, 1.807) is 36.4 Å². The van der Waals surface area contributed by atoms with Gasteiger partial charge in [0.25, 0.3) is 0 Å². The van der Waals surface area contributed by atoms with Crippen molar-refractivity contribution in [3.63, 3.8) is 0 Å². The average molecular weight is 448 g/mol. The molecule has 2 aromatic carbocycles. The molecule has 0 aliphatic rings. The lowest BCUT2D eigenvalue weighted by atomic mass is 10.1. The van der Waals surface area contributed by atoms with E-state index >= 15 is 0 Å². The third-order valence-electron chi connectivity index (χ3n) is 3.88. The molecule has 0 bridgehead atoms. The molecule has 2 rings (SSSR count). The van der Waals surface area contributed by atoms with Gasteiger partial charge in [-0.2, -0.15) is 5.26 Å². The van der Waals surface area contributed by atoms with E-state index in [1.807, 2.05) is 0 Å². The summed E-state index contributed by atoms with van der Waals surface area (Å²) in [6, 6.07) is 14.0. The Morgan fingerprint density at radius 1 is 1.20 bits per heavy atom.